The van der Waals surface area contributed by atoms with Crippen LogP contribution in [0.2, 0.25) is 0 Å². The van der Waals surface area contributed by atoms with E-state index in [1.54, 1.807) is 0 Å². The van der Waals surface area contributed by atoms with Crippen LogP contribution in [0.4, 0.5) is 0 Å². The summed E-state index contributed by atoms with van der Waals surface area (Å²) in [6, 6.07) is 0. The first kappa shape index (κ1) is 27.3. The molecule has 4 aliphatic carbocycles. The van der Waals surface area contributed by atoms with Crippen molar-refractivity contribution in [2.24, 2.45) is 46.3 Å². The van der Waals surface area contributed by atoms with Crippen molar-refractivity contribution in [3.05, 3.63) is 0 Å². The predicted molar refractivity (Wildman–Crippen MR) is 132 cm³/mol. The van der Waals surface area contributed by atoms with Crippen LogP contribution in [0.15, 0.2) is 0 Å². The van der Waals surface area contributed by atoms with Crippen molar-refractivity contribution in [1.29, 1.82) is 0 Å². The van der Waals surface area contributed by atoms with Crippen molar-refractivity contribution in [2.75, 3.05) is 12.3 Å². The Hall–Kier alpha value is -0.740. The molecule has 0 radical (unpaired) electrons. The molecule has 9 heteroatoms. The summed E-state index contributed by atoms with van der Waals surface area (Å²) in [5.74, 6) is 0.705. The monoisotopic (exact) mass is 515 g/mol. The lowest BCUT2D eigenvalue weighted by Gasteiger charge is -2.63. The predicted octanol–water partition coefficient (Wildman–Crippen LogP) is 2.37. The molecule has 0 aromatic rings. The van der Waals surface area contributed by atoms with Gasteiger partial charge in [0.05, 0.1) is 24.1 Å². The Morgan fingerprint density at radius 2 is 1.77 bits per heavy atom. The van der Waals surface area contributed by atoms with Gasteiger partial charge in [0.1, 0.15) is 0 Å². The number of aliphatic hydroxyl groups excluding tert-OH is 3. The van der Waals surface area contributed by atoms with Crippen molar-refractivity contribution >= 4 is 16.0 Å². The molecule has 0 spiro atoms. The van der Waals surface area contributed by atoms with E-state index in [4.69, 9.17) is 4.55 Å². The molecule has 11 atom stereocenters. The molecule has 0 aromatic carbocycles. The fraction of sp³-hybridized carbons (Fsp3) is 0.962. The second kappa shape index (κ2) is 9.86. The first-order valence-electron chi connectivity index (χ1n) is 13.5. The maximum absolute atomic E-state index is 12.2. The summed E-state index contributed by atoms with van der Waals surface area (Å²) in [7, 11) is -4.10. The Bertz CT molecular complexity index is 896. The average molecular weight is 516 g/mol. The van der Waals surface area contributed by atoms with Gasteiger partial charge in [0.15, 0.2) is 0 Å². The van der Waals surface area contributed by atoms with E-state index in [1.807, 2.05) is 0 Å². The van der Waals surface area contributed by atoms with Gasteiger partial charge < -0.3 is 20.6 Å². The van der Waals surface area contributed by atoms with Gasteiger partial charge >= 0.3 is 0 Å². The van der Waals surface area contributed by atoms with Crippen LogP contribution in [0.25, 0.3) is 0 Å². The molecule has 0 aromatic heterocycles. The highest BCUT2D eigenvalue weighted by Gasteiger charge is 2.65. The normalized spacial score (nSPS) is 46.3. The highest BCUT2D eigenvalue weighted by molar-refractivity contribution is 7.85. The van der Waals surface area contributed by atoms with Crippen molar-refractivity contribution < 1.29 is 33.1 Å². The lowest BCUT2D eigenvalue weighted by molar-refractivity contribution is -0.207. The summed E-state index contributed by atoms with van der Waals surface area (Å²) in [6.45, 7) is 6.56. The third-order valence-electron chi connectivity index (χ3n) is 11.0. The van der Waals surface area contributed by atoms with Gasteiger partial charge in [-0.05, 0) is 97.7 Å². The maximum Gasteiger partial charge on any atom is 0.266 e. The number of nitrogens with one attached hydrogen (secondary N) is 1. The van der Waals surface area contributed by atoms with E-state index in [-0.39, 0.29) is 65.4 Å². The number of fused-ring (bicyclic) bond motifs is 5. The fourth-order valence-corrected chi connectivity index (χ4v) is 9.46. The van der Waals surface area contributed by atoms with Crippen LogP contribution < -0.4 is 5.32 Å². The summed E-state index contributed by atoms with van der Waals surface area (Å²) in [5, 5.41) is 35.8. The first-order chi connectivity index (χ1) is 16.3. The van der Waals surface area contributed by atoms with E-state index in [0.29, 0.717) is 18.8 Å². The van der Waals surface area contributed by atoms with Crippen molar-refractivity contribution in [3.8, 4) is 0 Å². The number of aliphatic hydroxyl groups is 3. The molecular formula is C26H45NO7S. The molecule has 0 bridgehead atoms. The number of amides is 1. The maximum atomic E-state index is 12.2. The van der Waals surface area contributed by atoms with Crippen molar-refractivity contribution in [1.82, 2.24) is 5.32 Å². The minimum Gasteiger partial charge on any atom is -0.393 e. The topological polar surface area (TPSA) is 144 Å². The van der Waals surface area contributed by atoms with Gasteiger partial charge in [-0.2, -0.15) is 8.42 Å². The van der Waals surface area contributed by atoms with Gasteiger partial charge in [0.2, 0.25) is 5.91 Å². The standard InChI is InChI=1S/C26H45NO7S/c1-15(4-7-23(31)27-10-11-35(32,33)34)18-5-6-19-24-20(14-22(30)26(18,19)3)25(2)9-8-17(28)12-16(25)13-21(24)29/h15-22,24,28-30H,4-14H2,1-3H3,(H,27,31)(H,32,33,34)/t15-,16+,17+,18+,19-,20-,21+,22-,24-,25-,26+/m0/s1. The summed E-state index contributed by atoms with van der Waals surface area (Å²) >= 11 is 0. The minimum atomic E-state index is -4.10. The van der Waals surface area contributed by atoms with E-state index in [1.165, 1.54) is 0 Å². The molecule has 4 aliphatic rings. The molecule has 202 valence electrons. The first-order valence-corrected chi connectivity index (χ1v) is 15.1. The van der Waals surface area contributed by atoms with Crippen molar-refractivity contribution in [2.45, 2.75) is 96.9 Å². The Kier molecular flexibility index (Phi) is 7.69. The summed E-state index contributed by atoms with van der Waals surface area (Å²) in [6.07, 6.45) is 5.67. The fourth-order valence-electron chi connectivity index (χ4n) is 9.10. The van der Waals surface area contributed by atoms with Crippen LogP contribution in [0.1, 0.15) is 78.6 Å². The van der Waals surface area contributed by atoms with E-state index in [9.17, 15) is 28.5 Å². The van der Waals surface area contributed by atoms with Crippen LogP contribution in [0.3, 0.4) is 0 Å². The highest BCUT2D eigenvalue weighted by atomic mass is 32.2. The molecule has 4 fully saturated rings. The largest absolute Gasteiger partial charge is 0.393 e. The number of carbonyl (C=O) groups excluding carboxylic acids is 1. The van der Waals surface area contributed by atoms with Crippen molar-refractivity contribution in [3.63, 3.8) is 0 Å². The third-order valence-corrected chi connectivity index (χ3v) is 11.7. The Morgan fingerprint density at radius 3 is 2.46 bits per heavy atom. The van der Waals surface area contributed by atoms with Crippen LogP contribution in [-0.2, 0) is 14.9 Å². The number of hydrogen-bond donors (Lipinski definition) is 5. The molecule has 0 unspecified atom stereocenters. The zero-order valence-corrected chi connectivity index (χ0v) is 22.2. The van der Waals surface area contributed by atoms with Crippen LogP contribution in [0, 0.1) is 46.3 Å². The summed E-state index contributed by atoms with van der Waals surface area (Å²) < 4.78 is 30.5. The molecule has 1 amide bonds. The molecular weight excluding hydrogens is 470 g/mol. The Morgan fingerprint density at radius 1 is 1.06 bits per heavy atom. The van der Waals surface area contributed by atoms with Crippen LogP contribution >= 0.6 is 0 Å². The van der Waals surface area contributed by atoms with Crippen LogP contribution in [0.5, 0.6) is 0 Å². The van der Waals surface area contributed by atoms with Gasteiger partial charge in [0.25, 0.3) is 10.1 Å². The van der Waals surface area contributed by atoms with Gasteiger partial charge in [0, 0.05) is 13.0 Å². The molecule has 4 rings (SSSR count). The van der Waals surface area contributed by atoms with Crippen LogP contribution in [-0.4, -0.2) is 64.8 Å². The smallest absolute Gasteiger partial charge is 0.266 e. The zero-order chi connectivity index (χ0) is 25.8. The van der Waals surface area contributed by atoms with Gasteiger partial charge in [-0.1, -0.05) is 20.8 Å². The van der Waals surface area contributed by atoms with E-state index in [0.717, 1.165) is 38.5 Å². The SMILES string of the molecule is C[C@@H](CCC(=O)NCCS(=O)(=O)O)[C@H]1CC[C@H]2[C@@H]3[C@H](O)C[C@H]4C[C@H](O)CC[C@]4(C)[C@H]3C[C@H](O)[C@]12C. The number of carbonyl (C=O) groups is 1. The Labute approximate surface area is 210 Å². The van der Waals surface area contributed by atoms with Gasteiger partial charge in [-0.25, -0.2) is 0 Å². The quantitative estimate of drug-likeness (QED) is 0.327. The second-order valence-electron chi connectivity index (χ2n) is 12.7. The molecule has 4 saturated carbocycles. The molecule has 5 N–H and O–H groups in total. The minimum absolute atomic E-state index is 0.0509. The van der Waals surface area contributed by atoms with E-state index < -0.39 is 28.1 Å². The van der Waals surface area contributed by atoms with Gasteiger partial charge in [-0.3, -0.25) is 9.35 Å². The molecule has 35 heavy (non-hydrogen) atoms. The summed E-state index contributed by atoms with van der Waals surface area (Å²) in [5.41, 5.74) is -0.254. The zero-order valence-electron chi connectivity index (χ0n) is 21.4. The van der Waals surface area contributed by atoms with Gasteiger partial charge in [-0.15, -0.1) is 0 Å². The second-order valence-corrected chi connectivity index (χ2v) is 14.2. The molecule has 8 nitrogen and oxygen atoms in total. The molecule has 0 aliphatic heterocycles. The summed E-state index contributed by atoms with van der Waals surface area (Å²) in [4.78, 5) is 12.2. The average Bonchev–Trinajstić information content (AvgIpc) is 3.12. The highest BCUT2D eigenvalue weighted by Crippen LogP contribution is 2.68. The lowest BCUT2D eigenvalue weighted by atomic mass is 9.43. The lowest BCUT2D eigenvalue weighted by Crippen LogP contribution is -2.62. The molecule has 0 heterocycles. The number of hydrogen-bond acceptors (Lipinski definition) is 6. The molecule has 0 saturated heterocycles. The third kappa shape index (κ3) is 5.05. The van der Waals surface area contributed by atoms with E-state index in [2.05, 4.69) is 26.1 Å². The van der Waals surface area contributed by atoms with E-state index >= 15 is 0 Å². The Balaban J connectivity index is 1.43. The number of rotatable bonds is 7.